The first-order chi connectivity index (χ1) is 16.3. The number of hydrogen-bond donors (Lipinski definition) is 1. The predicted octanol–water partition coefficient (Wildman–Crippen LogP) is 4.56. The molecule has 5 heteroatoms. The molecule has 1 saturated heterocycles. The molecule has 1 fully saturated rings. The number of H-pyrrole nitrogens is 1. The molecule has 33 heavy (non-hydrogen) atoms. The van der Waals surface area contributed by atoms with Crippen LogP contribution in [0.1, 0.15) is 42.4 Å². The minimum Gasteiger partial charge on any atom is -0.381 e. The lowest BCUT2D eigenvalue weighted by atomic mass is 10.00. The summed E-state index contributed by atoms with van der Waals surface area (Å²) >= 11 is 0. The highest BCUT2D eigenvalue weighted by atomic mass is 16.5. The van der Waals surface area contributed by atoms with Crippen molar-refractivity contribution in [3.63, 3.8) is 0 Å². The van der Waals surface area contributed by atoms with Gasteiger partial charge in [-0.1, -0.05) is 42.5 Å². The molecular formula is C28H35N3O2. The number of nitrogens with one attached hydrogen (secondary N) is 1. The molecule has 2 aromatic carbocycles. The molecule has 3 heterocycles. The van der Waals surface area contributed by atoms with Gasteiger partial charge in [0.2, 0.25) is 5.91 Å². The molecule has 1 N–H and O–H groups in total. The first-order valence-corrected chi connectivity index (χ1v) is 12.5. The first kappa shape index (κ1) is 22.2. The van der Waals surface area contributed by atoms with Crippen LogP contribution in [0.3, 0.4) is 0 Å². The molecule has 0 atom stereocenters. The largest absolute Gasteiger partial charge is 0.381 e. The number of carbonyl (C=O) groups is 1. The number of hydrogen-bond acceptors (Lipinski definition) is 3. The van der Waals surface area contributed by atoms with Crippen LogP contribution < -0.4 is 0 Å². The van der Waals surface area contributed by atoms with Crippen LogP contribution in [0.2, 0.25) is 0 Å². The quantitative estimate of drug-likeness (QED) is 0.553. The summed E-state index contributed by atoms with van der Waals surface area (Å²) in [6.07, 6.45) is 7.47. The van der Waals surface area contributed by atoms with Gasteiger partial charge in [-0.2, -0.15) is 0 Å². The lowest BCUT2D eigenvalue weighted by Crippen LogP contribution is -2.45. The van der Waals surface area contributed by atoms with Crippen molar-refractivity contribution in [2.24, 2.45) is 0 Å². The van der Waals surface area contributed by atoms with E-state index in [9.17, 15) is 4.79 Å². The normalized spacial score (nSPS) is 17.2. The second kappa shape index (κ2) is 10.5. The van der Waals surface area contributed by atoms with Crippen molar-refractivity contribution in [3.8, 4) is 0 Å². The third kappa shape index (κ3) is 5.31. The summed E-state index contributed by atoms with van der Waals surface area (Å²) in [6.45, 7) is 5.56. The predicted molar refractivity (Wildman–Crippen MR) is 132 cm³/mol. The first-order valence-electron chi connectivity index (χ1n) is 12.5. The van der Waals surface area contributed by atoms with Crippen molar-refractivity contribution >= 4 is 16.8 Å². The van der Waals surface area contributed by atoms with Gasteiger partial charge in [0.1, 0.15) is 0 Å². The lowest BCUT2D eigenvalue weighted by Gasteiger charge is -2.35. The fraction of sp³-hybridized carbons (Fsp3) is 0.464. The molecule has 0 spiro atoms. The second-order valence-corrected chi connectivity index (χ2v) is 9.44. The van der Waals surface area contributed by atoms with Gasteiger partial charge in [-0.05, 0) is 54.9 Å². The highest BCUT2D eigenvalue weighted by molar-refractivity contribution is 5.84. The number of aryl methyl sites for hydroxylation is 1. The molecule has 2 aliphatic heterocycles. The van der Waals surface area contributed by atoms with Crippen LogP contribution in [0.4, 0.5) is 0 Å². The maximum Gasteiger partial charge on any atom is 0.223 e. The summed E-state index contributed by atoms with van der Waals surface area (Å²) in [7, 11) is 0. The van der Waals surface area contributed by atoms with Crippen LogP contribution in [0.25, 0.3) is 10.9 Å². The number of para-hydroxylation sites is 1. The zero-order valence-electron chi connectivity index (χ0n) is 19.5. The SMILES string of the molecule is O=C(CCc1c[nH]c2ccccc12)N(CCCN1CCc2ccccc2C1)C1CCOCC1. The molecule has 1 aromatic heterocycles. The molecule has 3 aromatic rings. The van der Waals surface area contributed by atoms with E-state index in [4.69, 9.17) is 4.74 Å². The van der Waals surface area contributed by atoms with E-state index in [2.05, 4.69) is 63.4 Å². The highest BCUT2D eigenvalue weighted by Gasteiger charge is 2.26. The van der Waals surface area contributed by atoms with E-state index >= 15 is 0 Å². The third-order valence-corrected chi connectivity index (χ3v) is 7.32. The fourth-order valence-electron chi connectivity index (χ4n) is 5.44. The Morgan fingerprint density at radius 2 is 1.85 bits per heavy atom. The van der Waals surface area contributed by atoms with Gasteiger partial charge in [0.05, 0.1) is 0 Å². The van der Waals surface area contributed by atoms with Crippen LogP contribution in [0.15, 0.2) is 54.7 Å². The molecule has 0 radical (unpaired) electrons. The fourth-order valence-corrected chi connectivity index (χ4v) is 5.44. The number of amides is 1. The number of aromatic nitrogens is 1. The van der Waals surface area contributed by atoms with Crippen molar-refractivity contribution in [1.29, 1.82) is 0 Å². The average Bonchev–Trinajstić information content (AvgIpc) is 3.29. The third-order valence-electron chi connectivity index (χ3n) is 7.32. The summed E-state index contributed by atoms with van der Waals surface area (Å²) in [4.78, 5) is 21.4. The van der Waals surface area contributed by atoms with Crippen LogP contribution in [-0.4, -0.2) is 59.6 Å². The van der Waals surface area contributed by atoms with Crippen LogP contribution in [0.5, 0.6) is 0 Å². The van der Waals surface area contributed by atoms with E-state index in [1.807, 2.05) is 6.07 Å². The van der Waals surface area contributed by atoms with E-state index in [-0.39, 0.29) is 5.91 Å². The minimum absolute atomic E-state index is 0.288. The Labute approximate surface area is 196 Å². The van der Waals surface area contributed by atoms with Crippen molar-refractivity contribution in [3.05, 3.63) is 71.4 Å². The van der Waals surface area contributed by atoms with Crippen molar-refractivity contribution in [1.82, 2.24) is 14.8 Å². The Bertz CT molecular complexity index is 1070. The number of rotatable bonds is 8. The summed E-state index contributed by atoms with van der Waals surface area (Å²) in [6, 6.07) is 17.4. The molecule has 0 unspecified atom stereocenters. The van der Waals surface area contributed by atoms with E-state index in [1.54, 1.807) is 0 Å². The standard InChI is InChI=1S/C28H35N3O2/c32-28(11-10-23-20-29-27-9-4-3-8-26(23)27)31(25-13-18-33-19-14-25)16-5-15-30-17-12-22-6-1-2-7-24(22)21-30/h1-4,6-9,20,25,29H,5,10-19,21H2. The highest BCUT2D eigenvalue weighted by Crippen LogP contribution is 2.22. The van der Waals surface area contributed by atoms with Crippen molar-refractivity contribution < 1.29 is 9.53 Å². The smallest absolute Gasteiger partial charge is 0.223 e. The number of nitrogens with zero attached hydrogens (tertiary/aromatic N) is 2. The molecule has 1 amide bonds. The van der Waals surface area contributed by atoms with Gasteiger partial charge in [-0.3, -0.25) is 9.69 Å². The Balaban J connectivity index is 1.18. The van der Waals surface area contributed by atoms with Gasteiger partial charge in [0.25, 0.3) is 0 Å². The lowest BCUT2D eigenvalue weighted by molar-refractivity contribution is -0.135. The maximum atomic E-state index is 13.4. The Morgan fingerprint density at radius 1 is 1.06 bits per heavy atom. The van der Waals surface area contributed by atoms with Gasteiger partial charge in [0.15, 0.2) is 0 Å². The summed E-state index contributed by atoms with van der Waals surface area (Å²) < 4.78 is 5.58. The van der Waals surface area contributed by atoms with E-state index in [0.717, 1.165) is 77.0 Å². The van der Waals surface area contributed by atoms with E-state index in [0.29, 0.717) is 12.5 Å². The Kier molecular flexibility index (Phi) is 7.08. The van der Waals surface area contributed by atoms with Crippen LogP contribution in [0, 0.1) is 0 Å². The summed E-state index contributed by atoms with van der Waals surface area (Å²) in [5.41, 5.74) is 5.33. The average molecular weight is 446 g/mol. The van der Waals surface area contributed by atoms with Gasteiger partial charge >= 0.3 is 0 Å². The molecule has 0 aliphatic carbocycles. The summed E-state index contributed by atoms with van der Waals surface area (Å²) in [5.74, 6) is 0.288. The molecule has 174 valence electrons. The number of aromatic amines is 1. The molecule has 0 bridgehead atoms. The molecular weight excluding hydrogens is 410 g/mol. The van der Waals surface area contributed by atoms with Crippen LogP contribution >= 0.6 is 0 Å². The van der Waals surface area contributed by atoms with Crippen molar-refractivity contribution in [2.75, 3.05) is 32.8 Å². The van der Waals surface area contributed by atoms with Gasteiger partial charge in [-0.15, -0.1) is 0 Å². The van der Waals surface area contributed by atoms with Crippen LogP contribution in [-0.2, 0) is 28.9 Å². The number of carbonyl (C=O) groups excluding carboxylic acids is 1. The zero-order chi connectivity index (χ0) is 22.5. The second-order valence-electron chi connectivity index (χ2n) is 9.44. The van der Waals surface area contributed by atoms with E-state index < -0.39 is 0 Å². The minimum atomic E-state index is 0.288. The van der Waals surface area contributed by atoms with E-state index in [1.165, 1.54) is 22.1 Å². The number of fused-ring (bicyclic) bond motifs is 2. The van der Waals surface area contributed by atoms with Gasteiger partial charge in [-0.25, -0.2) is 0 Å². The Hall–Kier alpha value is -2.63. The Morgan fingerprint density at radius 3 is 2.73 bits per heavy atom. The number of benzene rings is 2. The molecule has 5 rings (SSSR count). The monoisotopic (exact) mass is 445 g/mol. The van der Waals surface area contributed by atoms with Gasteiger partial charge in [0, 0.05) is 69.0 Å². The van der Waals surface area contributed by atoms with Gasteiger partial charge < -0.3 is 14.6 Å². The molecule has 5 nitrogen and oxygen atoms in total. The summed E-state index contributed by atoms with van der Waals surface area (Å²) in [5, 5.41) is 1.23. The molecule has 2 aliphatic rings. The van der Waals surface area contributed by atoms with Crippen molar-refractivity contribution in [2.45, 2.75) is 51.1 Å². The maximum absolute atomic E-state index is 13.4. The zero-order valence-corrected chi connectivity index (χ0v) is 19.5. The topological polar surface area (TPSA) is 48.6 Å². The molecule has 0 saturated carbocycles. The number of ether oxygens (including phenoxy) is 1.